The molecule has 0 fully saturated rings. The van der Waals surface area contributed by atoms with Gasteiger partial charge >= 0.3 is 14.2 Å². The van der Waals surface area contributed by atoms with E-state index in [1.54, 1.807) is 13.8 Å². The quantitative estimate of drug-likeness (QED) is 0.363. The third-order valence-corrected chi connectivity index (χ3v) is 4.60. The molecule has 0 unspecified atom stereocenters. The highest BCUT2D eigenvalue weighted by Gasteiger charge is 2.27. The molecule has 0 heterocycles. The van der Waals surface area contributed by atoms with Gasteiger partial charge in [0.1, 0.15) is 12.9 Å². The Bertz CT molecular complexity index is 541. The van der Waals surface area contributed by atoms with Gasteiger partial charge in [-0.1, -0.05) is 5.16 Å². The van der Waals surface area contributed by atoms with Crippen LogP contribution in [-0.2, 0) is 18.5 Å². The fraction of sp³-hybridized carbons (Fsp3) is 0.500. The minimum Gasteiger partial charge on any atom is -0.435 e. The second-order valence-corrected chi connectivity index (χ2v) is 6.28. The molecule has 0 atom stereocenters. The normalized spacial score (nSPS) is 12.5. The molecule has 0 N–H and O–H groups in total. The molecule has 6 nitrogen and oxygen atoms in total. The molecule has 0 radical (unpaired) electrons. The van der Waals surface area contributed by atoms with E-state index >= 15 is 0 Å². The summed E-state index contributed by atoms with van der Waals surface area (Å²) in [6.45, 7) is 0.950. The van der Waals surface area contributed by atoms with Gasteiger partial charge in [-0.2, -0.15) is 8.78 Å². The first-order valence-electron chi connectivity index (χ1n) is 6.97. The van der Waals surface area contributed by atoms with Gasteiger partial charge < -0.3 is 18.6 Å². The van der Waals surface area contributed by atoms with Crippen molar-refractivity contribution in [3.63, 3.8) is 0 Å². The third-order valence-electron chi connectivity index (χ3n) is 2.61. The largest absolute Gasteiger partial charge is 0.435 e. The van der Waals surface area contributed by atoms with Crippen LogP contribution in [0.3, 0.4) is 0 Å². The van der Waals surface area contributed by atoms with Gasteiger partial charge in [0.15, 0.2) is 0 Å². The average Bonchev–Trinajstić information content (AvgIpc) is 2.47. The molecule has 0 amide bonds. The van der Waals surface area contributed by atoms with Crippen molar-refractivity contribution in [1.82, 2.24) is 0 Å². The van der Waals surface area contributed by atoms with Gasteiger partial charge in [0.05, 0.1) is 25.1 Å². The number of oxime groups is 1. The molecular formula is C14H20F2NO5P. The van der Waals surface area contributed by atoms with E-state index in [-0.39, 0.29) is 25.1 Å². The van der Waals surface area contributed by atoms with Crippen molar-refractivity contribution < 1.29 is 32.0 Å². The number of alkyl halides is 2. The first kappa shape index (κ1) is 19.5. The number of ether oxygens (including phenoxy) is 1. The highest BCUT2D eigenvalue weighted by Crippen LogP contribution is 2.48. The molecule has 23 heavy (non-hydrogen) atoms. The zero-order valence-corrected chi connectivity index (χ0v) is 14.1. The van der Waals surface area contributed by atoms with E-state index in [0.29, 0.717) is 11.3 Å². The molecule has 0 saturated carbocycles. The second kappa shape index (κ2) is 9.60. The minimum atomic E-state index is -3.37. The summed E-state index contributed by atoms with van der Waals surface area (Å²) in [6, 6.07) is 5.74. The predicted molar refractivity (Wildman–Crippen MR) is 82.3 cm³/mol. The SMILES string of the molecule is CCOP(=O)(C/C(=N\OC)c1ccc(OC(F)F)cc1)OCC. The summed E-state index contributed by atoms with van der Waals surface area (Å²) < 4.78 is 51.6. The van der Waals surface area contributed by atoms with Crippen LogP contribution in [0.2, 0.25) is 0 Å². The molecule has 0 spiro atoms. The molecule has 9 heteroatoms. The van der Waals surface area contributed by atoms with Crippen molar-refractivity contribution in [2.24, 2.45) is 5.16 Å². The molecule has 1 aromatic carbocycles. The summed E-state index contributed by atoms with van der Waals surface area (Å²) in [6.07, 6.45) is -0.0996. The maximum atomic E-state index is 12.6. The summed E-state index contributed by atoms with van der Waals surface area (Å²) in [5.41, 5.74) is 0.856. The maximum Gasteiger partial charge on any atom is 0.387 e. The van der Waals surface area contributed by atoms with Gasteiger partial charge in [-0.3, -0.25) is 4.57 Å². The lowest BCUT2D eigenvalue weighted by Crippen LogP contribution is -2.12. The van der Waals surface area contributed by atoms with Crippen molar-refractivity contribution in [2.45, 2.75) is 20.5 Å². The topological polar surface area (TPSA) is 66.4 Å². The van der Waals surface area contributed by atoms with E-state index in [1.807, 2.05) is 0 Å². The Labute approximate surface area is 133 Å². The molecule has 0 aliphatic carbocycles. The second-order valence-electron chi connectivity index (χ2n) is 4.23. The molecule has 1 aromatic rings. The Morgan fingerprint density at radius 3 is 2.17 bits per heavy atom. The number of hydrogen-bond donors (Lipinski definition) is 0. The smallest absolute Gasteiger partial charge is 0.387 e. The number of hydrogen-bond acceptors (Lipinski definition) is 6. The minimum absolute atomic E-state index is 0.0123. The van der Waals surface area contributed by atoms with Gasteiger partial charge in [-0.15, -0.1) is 0 Å². The van der Waals surface area contributed by atoms with Crippen LogP contribution in [-0.4, -0.2) is 38.8 Å². The lowest BCUT2D eigenvalue weighted by Gasteiger charge is -2.17. The van der Waals surface area contributed by atoms with Crippen LogP contribution in [0.5, 0.6) is 5.75 Å². The lowest BCUT2D eigenvalue weighted by atomic mass is 10.1. The van der Waals surface area contributed by atoms with Crippen LogP contribution < -0.4 is 4.74 Å². The van der Waals surface area contributed by atoms with E-state index in [4.69, 9.17) is 13.9 Å². The van der Waals surface area contributed by atoms with Crippen molar-refractivity contribution in [2.75, 3.05) is 26.5 Å². The van der Waals surface area contributed by atoms with Crippen molar-refractivity contribution in [3.05, 3.63) is 29.8 Å². The fourth-order valence-electron chi connectivity index (χ4n) is 1.82. The summed E-state index contributed by atoms with van der Waals surface area (Å²) in [5, 5.41) is 3.83. The average molecular weight is 351 g/mol. The Kier molecular flexibility index (Phi) is 8.16. The monoisotopic (exact) mass is 351 g/mol. The summed E-state index contributed by atoms with van der Waals surface area (Å²) in [4.78, 5) is 4.76. The molecule has 0 saturated heterocycles. The summed E-state index contributed by atoms with van der Waals surface area (Å²) in [7, 11) is -2.02. The highest BCUT2D eigenvalue weighted by atomic mass is 31.2. The van der Waals surface area contributed by atoms with Gasteiger partial charge in [-0.25, -0.2) is 0 Å². The van der Waals surface area contributed by atoms with Crippen LogP contribution in [0.25, 0.3) is 0 Å². The van der Waals surface area contributed by atoms with Gasteiger partial charge in [0.2, 0.25) is 0 Å². The van der Waals surface area contributed by atoms with Crippen LogP contribution >= 0.6 is 7.60 Å². The van der Waals surface area contributed by atoms with E-state index in [0.717, 1.165) is 0 Å². The summed E-state index contributed by atoms with van der Waals surface area (Å²) >= 11 is 0. The molecule has 0 aromatic heterocycles. The molecular weight excluding hydrogens is 331 g/mol. The van der Waals surface area contributed by atoms with Crippen LogP contribution in [0, 0.1) is 0 Å². The van der Waals surface area contributed by atoms with Crippen LogP contribution in [0.4, 0.5) is 8.78 Å². The standard InChI is InChI=1S/C14H20F2NO5P/c1-4-20-23(18,21-5-2)10-13(17-19-3)11-6-8-12(9-7-11)22-14(15)16/h6-9,14H,4-5,10H2,1-3H3/b17-13+. The zero-order chi connectivity index (χ0) is 17.3. The predicted octanol–water partition coefficient (Wildman–Crippen LogP) is 3.90. The van der Waals surface area contributed by atoms with Crippen LogP contribution in [0.1, 0.15) is 19.4 Å². The van der Waals surface area contributed by atoms with Gasteiger partial charge in [-0.05, 0) is 38.1 Å². The first-order chi connectivity index (χ1) is 10.9. The fourth-order valence-corrected chi connectivity index (χ4v) is 3.47. The Morgan fingerprint density at radius 1 is 1.17 bits per heavy atom. The zero-order valence-electron chi connectivity index (χ0n) is 13.2. The lowest BCUT2D eigenvalue weighted by molar-refractivity contribution is -0.0498. The Hall–Kier alpha value is -1.50. The van der Waals surface area contributed by atoms with E-state index in [9.17, 15) is 13.3 Å². The Morgan fingerprint density at radius 2 is 1.74 bits per heavy atom. The van der Waals surface area contributed by atoms with Crippen molar-refractivity contribution in [3.8, 4) is 5.75 Å². The number of nitrogens with zero attached hydrogens (tertiary/aromatic N) is 1. The Balaban J connectivity index is 2.98. The van der Waals surface area contributed by atoms with Gasteiger partial charge in [0, 0.05) is 5.56 Å². The van der Waals surface area contributed by atoms with E-state index in [1.165, 1.54) is 31.4 Å². The molecule has 0 aliphatic rings. The number of benzene rings is 1. The molecule has 0 bridgehead atoms. The first-order valence-corrected chi connectivity index (χ1v) is 8.70. The third kappa shape index (κ3) is 6.64. The van der Waals surface area contributed by atoms with Crippen molar-refractivity contribution >= 4 is 13.3 Å². The molecule has 1 rings (SSSR count). The van der Waals surface area contributed by atoms with E-state index < -0.39 is 14.2 Å². The van der Waals surface area contributed by atoms with Gasteiger partial charge in [0.25, 0.3) is 0 Å². The number of halogens is 2. The molecule has 130 valence electrons. The summed E-state index contributed by atoms with van der Waals surface area (Å²) in [5.74, 6) is 0.0123. The van der Waals surface area contributed by atoms with Crippen molar-refractivity contribution in [1.29, 1.82) is 0 Å². The number of rotatable bonds is 10. The van der Waals surface area contributed by atoms with Crippen LogP contribution in [0.15, 0.2) is 29.4 Å². The molecule has 0 aliphatic heterocycles. The highest BCUT2D eigenvalue weighted by molar-refractivity contribution is 7.55. The maximum absolute atomic E-state index is 12.6. The van der Waals surface area contributed by atoms with E-state index in [2.05, 4.69) is 9.89 Å².